The van der Waals surface area contributed by atoms with Gasteiger partial charge in [0.25, 0.3) is 0 Å². The summed E-state index contributed by atoms with van der Waals surface area (Å²) < 4.78 is 5.76. The van der Waals surface area contributed by atoms with Gasteiger partial charge in [0.1, 0.15) is 0 Å². The quantitative estimate of drug-likeness (QED) is 0.493. The number of aryl methyl sites for hydroxylation is 1. The molecule has 4 rings (SSSR count). The molecular formula is C22H18Cl2N2O2. The molecule has 1 heterocycles. The van der Waals surface area contributed by atoms with Gasteiger partial charge in [-0.1, -0.05) is 41.4 Å². The number of amides is 1. The predicted molar refractivity (Wildman–Crippen MR) is 114 cm³/mol. The highest BCUT2D eigenvalue weighted by molar-refractivity contribution is 6.31. The van der Waals surface area contributed by atoms with Gasteiger partial charge in [-0.2, -0.15) is 0 Å². The first kappa shape index (κ1) is 18.7. The van der Waals surface area contributed by atoms with Crippen LogP contribution in [0.25, 0.3) is 0 Å². The highest BCUT2D eigenvalue weighted by Gasteiger charge is 2.40. The monoisotopic (exact) mass is 412 g/mol. The van der Waals surface area contributed by atoms with Crippen molar-refractivity contribution >= 4 is 46.4 Å². The van der Waals surface area contributed by atoms with E-state index >= 15 is 0 Å². The van der Waals surface area contributed by atoms with Crippen molar-refractivity contribution in [2.45, 2.75) is 19.4 Å². The van der Waals surface area contributed by atoms with E-state index in [2.05, 4.69) is 10.6 Å². The molecule has 3 aromatic rings. The summed E-state index contributed by atoms with van der Waals surface area (Å²) in [5.41, 5.74) is 4.19. The fourth-order valence-corrected chi connectivity index (χ4v) is 3.80. The van der Waals surface area contributed by atoms with Gasteiger partial charge in [-0.25, -0.2) is 4.79 Å². The van der Waals surface area contributed by atoms with E-state index in [0.29, 0.717) is 10.0 Å². The fourth-order valence-electron chi connectivity index (χ4n) is 3.48. The van der Waals surface area contributed by atoms with Gasteiger partial charge in [0.05, 0.1) is 5.69 Å². The topological polar surface area (TPSA) is 50.4 Å². The van der Waals surface area contributed by atoms with Gasteiger partial charge in [-0.05, 0) is 61.9 Å². The second-order valence-electron chi connectivity index (χ2n) is 6.91. The molecule has 0 spiro atoms. The molecule has 1 unspecified atom stereocenters. The molecule has 3 aromatic carbocycles. The zero-order chi connectivity index (χ0) is 19.9. The molecule has 0 fully saturated rings. The number of rotatable bonds is 3. The van der Waals surface area contributed by atoms with Gasteiger partial charge in [0, 0.05) is 32.5 Å². The Balaban J connectivity index is 1.82. The van der Waals surface area contributed by atoms with Crippen LogP contribution in [0.4, 0.5) is 21.9 Å². The fraction of sp³-hybridized carbons (Fsp3) is 0.136. The minimum absolute atomic E-state index is 0.483. The van der Waals surface area contributed by atoms with E-state index in [1.165, 1.54) is 0 Å². The molecule has 0 saturated heterocycles. The van der Waals surface area contributed by atoms with Crippen molar-refractivity contribution in [3.63, 3.8) is 0 Å². The van der Waals surface area contributed by atoms with Crippen LogP contribution in [0.5, 0.6) is 0 Å². The van der Waals surface area contributed by atoms with E-state index in [0.717, 1.165) is 33.8 Å². The van der Waals surface area contributed by atoms with Crippen molar-refractivity contribution in [3.05, 3.63) is 87.4 Å². The van der Waals surface area contributed by atoms with Crippen LogP contribution in [0.2, 0.25) is 10.0 Å². The number of carbonyl (C=O) groups excluding carboxylic acids is 1. The molecule has 4 nitrogen and oxygen atoms in total. The van der Waals surface area contributed by atoms with Gasteiger partial charge in [0.15, 0.2) is 5.60 Å². The van der Waals surface area contributed by atoms with Gasteiger partial charge < -0.3 is 10.1 Å². The second-order valence-corrected chi connectivity index (χ2v) is 7.78. The van der Waals surface area contributed by atoms with E-state index in [4.69, 9.17) is 27.9 Å². The van der Waals surface area contributed by atoms with E-state index in [1.54, 1.807) is 12.1 Å². The van der Waals surface area contributed by atoms with Crippen LogP contribution in [0.15, 0.2) is 60.7 Å². The second kappa shape index (κ2) is 7.04. The number of halogens is 2. The first-order valence-corrected chi connectivity index (χ1v) is 9.54. The number of nitrogens with one attached hydrogen (secondary N) is 2. The Kier molecular flexibility index (Phi) is 4.69. The predicted octanol–water partition coefficient (Wildman–Crippen LogP) is 6.87. The largest absolute Gasteiger partial charge is 0.433 e. The van der Waals surface area contributed by atoms with Crippen LogP contribution in [-0.2, 0) is 10.3 Å². The zero-order valence-corrected chi connectivity index (χ0v) is 16.9. The van der Waals surface area contributed by atoms with E-state index in [9.17, 15) is 4.79 Å². The normalized spacial score (nSPS) is 18.1. The summed E-state index contributed by atoms with van der Waals surface area (Å²) >= 11 is 12.1. The third-order valence-corrected chi connectivity index (χ3v) is 5.37. The Morgan fingerprint density at radius 1 is 0.964 bits per heavy atom. The summed E-state index contributed by atoms with van der Waals surface area (Å²) in [5.74, 6) is 0. The number of anilines is 3. The molecule has 0 saturated carbocycles. The zero-order valence-electron chi connectivity index (χ0n) is 15.3. The molecule has 1 aliphatic heterocycles. The van der Waals surface area contributed by atoms with Crippen LogP contribution in [0.1, 0.15) is 23.6 Å². The lowest BCUT2D eigenvalue weighted by molar-refractivity contribution is 0.0585. The number of carbonyl (C=O) groups is 1. The molecule has 1 atom stereocenters. The molecule has 0 radical (unpaired) electrons. The first-order valence-electron chi connectivity index (χ1n) is 8.79. The van der Waals surface area contributed by atoms with Crippen LogP contribution in [0.3, 0.4) is 0 Å². The minimum atomic E-state index is -0.945. The molecule has 142 valence electrons. The molecule has 0 aromatic heterocycles. The van der Waals surface area contributed by atoms with Crippen molar-refractivity contribution in [1.29, 1.82) is 0 Å². The summed E-state index contributed by atoms with van der Waals surface area (Å²) in [4.78, 5) is 12.3. The van der Waals surface area contributed by atoms with Gasteiger partial charge >= 0.3 is 6.09 Å². The molecule has 1 amide bonds. The third-order valence-electron chi connectivity index (χ3n) is 4.88. The van der Waals surface area contributed by atoms with Crippen molar-refractivity contribution in [3.8, 4) is 0 Å². The van der Waals surface area contributed by atoms with Crippen LogP contribution >= 0.6 is 23.2 Å². The number of cyclic esters (lactones) is 1. The average molecular weight is 413 g/mol. The van der Waals surface area contributed by atoms with E-state index in [1.807, 2.05) is 62.4 Å². The lowest BCUT2D eigenvalue weighted by Gasteiger charge is -2.37. The van der Waals surface area contributed by atoms with Crippen molar-refractivity contribution < 1.29 is 9.53 Å². The molecule has 1 aliphatic rings. The summed E-state index contributed by atoms with van der Waals surface area (Å²) in [6.07, 6.45) is -0.483. The average Bonchev–Trinajstić information content (AvgIpc) is 2.63. The van der Waals surface area contributed by atoms with E-state index in [-0.39, 0.29) is 0 Å². The van der Waals surface area contributed by atoms with Crippen molar-refractivity contribution in [2.24, 2.45) is 0 Å². The molecule has 6 heteroatoms. The molecule has 0 bridgehead atoms. The van der Waals surface area contributed by atoms with Gasteiger partial charge in [0.2, 0.25) is 0 Å². The maximum Gasteiger partial charge on any atom is 0.412 e. The smallest absolute Gasteiger partial charge is 0.412 e. The van der Waals surface area contributed by atoms with Crippen molar-refractivity contribution in [1.82, 2.24) is 0 Å². The SMILES string of the molecule is Cc1cc(Nc2cccc(Cl)c2)cc2c1NC(=O)OC2(C)c1ccc(Cl)cc1. The Labute approximate surface area is 173 Å². The van der Waals surface area contributed by atoms with Gasteiger partial charge in [-0.3, -0.25) is 5.32 Å². The lowest BCUT2D eigenvalue weighted by Crippen LogP contribution is -2.38. The summed E-state index contributed by atoms with van der Waals surface area (Å²) in [6, 6.07) is 18.8. The Morgan fingerprint density at radius 2 is 1.71 bits per heavy atom. The van der Waals surface area contributed by atoms with Crippen LogP contribution in [-0.4, -0.2) is 6.09 Å². The molecule has 2 N–H and O–H groups in total. The highest BCUT2D eigenvalue weighted by atomic mass is 35.5. The van der Waals surface area contributed by atoms with E-state index < -0.39 is 11.7 Å². The maximum absolute atomic E-state index is 12.3. The Bertz CT molecular complexity index is 1070. The number of ether oxygens (including phenoxy) is 1. The summed E-state index contributed by atoms with van der Waals surface area (Å²) in [7, 11) is 0. The number of hydrogen-bond donors (Lipinski definition) is 2. The maximum atomic E-state index is 12.3. The lowest BCUT2D eigenvalue weighted by atomic mass is 9.84. The molecule has 0 aliphatic carbocycles. The standard InChI is InChI=1S/C22H18Cl2N2O2/c1-13-10-18(25-17-5-3-4-16(24)11-17)12-19-20(13)26-21(27)28-22(19,2)14-6-8-15(23)9-7-14/h3-12,25H,1-2H3,(H,26,27). The highest BCUT2D eigenvalue weighted by Crippen LogP contribution is 2.44. The summed E-state index contributed by atoms with van der Waals surface area (Å²) in [5, 5.41) is 7.48. The Morgan fingerprint density at radius 3 is 2.43 bits per heavy atom. The third kappa shape index (κ3) is 3.41. The summed E-state index contributed by atoms with van der Waals surface area (Å²) in [6.45, 7) is 3.84. The molecular weight excluding hydrogens is 395 g/mol. The Hall–Kier alpha value is -2.69. The number of hydrogen-bond acceptors (Lipinski definition) is 3. The molecule has 28 heavy (non-hydrogen) atoms. The van der Waals surface area contributed by atoms with Crippen LogP contribution in [0, 0.1) is 6.92 Å². The number of fused-ring (bicyclic) bond motifs is 1. The number of benzene rings is 3. The van der Waals surface area contributed by atoms with Crippen LogP contribution < -0.4 is 10.6 Å². The van der Waals surface area contributed by atoms with Gasteiger partial charge in [-0.15, -0.1) is 0 Å². The first-order chi connectivity index (χ1) is 13.3. The van der Waals surface area contributed by atoms with Crippen molar-refractivity contribution in [2.75, 3.05) is 10.6 Å². The minimum Gasteiger partial charge on any atom is -0.433 e.